The normalized spacial score (nSPS) is 14.8. The number of rotatable bonds is 2. The van der Waals surface area contributed by atoms with E-state index in [1.54, 1.807) is 17.4 Å². The number of halogens is 2. The molecule has 2 N–H and O–H groups in total. The van der Waals surface area contributed by atoms with Crippen LogP contribution in [0.4, 0.5) is 4.39 Å². The van der Waals surface area contributed by atoms with Crippen LogP contribution in [0.5, 0.6) is 0 Å². The highest BCUT2D eigenvalue weighted by Gasteiger charge is 2.28. The quantitative estimate of drug-likeness (QED) is 0.924. The van der Waals surface area contributed by atoms with E-state index < -0.39 is 5.54 Å². The Morgan fingerprint density at radius 1 is 1.44 bits per heavy atom. The van der Waals surface area contributed by atoms with Crippen LogP contribution >= 0.6 is 27.3 Å². The van der Waals surface area contributed by atoms with Gasteiger partial charge in [-0.05, 0) is 40.4 Å². The summed E-state index contributed by atoms with van der Waals surface area (Å²) in [5.41, 5.74) is 7.13. The van der Waals surface area contributed by atoms with Gasteiger partial charge in [0.25, 0.3) is 0 Å². The first kappa shape index (κ1) is 11.7. The van der Waals surface area contributed by atoms with Crippen LogP contribution in [0.2, 0.25) is 0 Å². The van der Waals surface area contributed by atoms with E-state index >= 15 is 0 Å². The summed E-state index contributed by atoms with van der Waals surface area (Å²) < 4.78 is 13.7. The van der Waals surface area contributed by atoms with Gasteiger partial charge >= 0.3 is 0 Å². The number of hydrogen-bond donors (Lipinski definition) is 1. The molecule has 0 radical (unpaired) electrons. The first-order chi connectivity index (χ1) is 7.51. The maximum Gasteiger partial charge on any atom is 0.141 e. The van der Waals surface area contributed by atoms with Crippen molar-refractivity contribution in [2.75, 3.05) is 0 Å². The van der Waals surface area contributed by atoms with Gasteiger partial charge in [0.2, 0.25) is 0 Å². The van der Waals surface area contributed by atoms with E-state index in [-0.39, 0.29) is 5.82 Å². The van der Waals surface area contributed by atoms with Crippen molar-refractivity contribution in [3.63, 3.8) is 0 Å². The number of pyridine rings is 1. The summed E-state index contributed by atoms with van der Waals surface area (Å²) in [6.45, 7) is 1.86. The minimum absolute atomic E-state index is 0.357. The van der Waals surface area contributed by atoms with Gasteiger partial charge in [0.1, 0.15) is 5.82 Å². The van der Waals surface area contributed by atoms with Gasteiger partial charge < -0.3 is 5.73 Å². The van der Waals surface area contributed by atoms with Crippen LogP contribution < -0.4 is 5.73 Å². The van der Waals surface area contributed by atoms with Gasteiger partial charge in [0.15, 0.2) is 0 Å². The van der Waals surface area contributed by atoms with Crippen molar-refractivity contribution in [3.05, 3.63) is 50.6 Å². The Morgan fingerprint density at radius 2 is 2.19 bits per heavy atom. The lowest BCUT2D eigenvalue weighted by atomic mass is 9.91. The largest absolute Gasteiger partial charge is 0.317 e. The van der Waals surface area contributed by atoms with Crippen molar-refractivity contribution < 1.29 is 4.39 Å². The van der Waals surface area contributed by atoms with Crippen molar-refractivity contribution in [2.45, 2.75) is 12.5 Å². The Bertz CT molecular complexity index is 493. The fraction of sp³-hybridized carbons (Fsp3) is 0.182. The summed E-state index contributed by atoms with van der Waals surface area (Å²) in [6, 6.07) is 2.98. The molecule has 2 aromatic heterocycles. The van der Waals surface area contributed by atoms with E-state index in [2.05, 4.69) is 20.9 Å². The number of nitrogens with two attached hydrogens (primary N) is 1. The molecule has 5 heteroatoms. The highest BCUT2D eigenvalue weighted by molar-refractivity contribution is 9.10. The van der Waals surface area contributed by atoms with Crippen molar-refractivity contribution >= 4 is 27.3 Å². The molecule has 0 aliphatic heterocycles. The van der Waals surface area contributed by atoms with Crippen LogP contribution in [0.25, 0.3) is 0 Å². The zero-order valence-electron chi connectivity index (χ0n) is 8.58. The highest BCUT2D eigenvalue weighted by Crippen LogP contribution is 2.33. The maximum absolute atomic E-state index is 12.8. The van der Waals surface area contributed by atoms with Crippen LogP contribution in [0.1, 0.15) is 18.2 Å². The van der Waals surface area contributed by atoms with E-state index in [4.69, 9.17) is 5.73 Å². The molecule has 0 aliphatic carbocycles. The van der Waals surface area contributed by atoms with Crippen LogP contribution in [-0.4, -0.2) is 4.98 Å². The van der Waals surface area contributed by atoms with Crippen molar-refractivity contribution in [1.29, 1.82) is 0 Å². The highest BCUT2D eigenvalue weighted by atomic mass is 79.9. The molecular formula is C11H10BrFN2S. The lowest BCUT2D eigenvalue weighted by Gasteiger charge is -2.23. The van der Waals surface area contributed by atoms with Crippen LogP contribution in [0, 0.1) is 5.82 Å². The summed E-state index contributed by atoms with van der Waals surface area (Å²) in [7, 11) is 0. The molecule has 16 heavy (non-hydrogen) atoms. The zero-order valence-corrected chi connectivity index (χ0v) is 11.0. The summed E-state index contributed by atoms with van der Waals surface area (Å²) >= 11 is 5.00. The van der Waals surface area contributed by atoms with Gasteiger partial charge in [-0.3, -0.25) is 4.98 Å². The summed E-state index contributed by atoms with van der Waals surface area (Å²) in [5, 5.41) is 3.93. The molecule has 2 rings (SSSR count). The monoisotopic (exact) mass is 300 g/mol. The van der Waals surface area contributed by atoms with E-state index in [1.807, 2.05) is 17.7 Å². The lowest BCUT2D eigenvalue weighted by Crippen LogP contribution is -2.35. The summed E-state index contributed by atoms with van der Waals surface area (Å²) in [5.74, 6) is -0.357. The molecule has 2 heterocycles. The second-order valence-electron chi connectivity index (χ2n) is 3.70. The Labute approximate surface area is 105 Å². The molecule has 1 atom stereocenters. The van der Waals surface area contributed by atoms with Gasteiger partial charge in [-0.2, -0.15) is 11.3 Å². The third kappa shape index (κ3) is 2.03. The molecule has 84 valence electrons. The molecule has 0 aromatic carbocycles. The van der Waals surface area contributed by atoms with Crippen molar-refractivity contribution in [2.24, 2.45) is 5.73 Å². The maximum atomic E-state index is 12.8. The average molecular weight is 301 g/mol. The predicted molar refractivity (Wildman–Crippen MR) is 66.9 cm³/mol. The third-order valence-corrected chi connectivity index (χ3v) is 4.14. The Balaban J connectivity index is 2.46. The molecule has 0 aliphatic rings. The predicted octanol–water partition coefficient (Wildman–Crippen LogP) is 3.27. The number of hydrogen-bond acceptors (Lipinski definition) is 3. The van der Waals surface area contributed by atoms with Crippen LogP contribution in [0.3, 0.4) is 0 Å². The molecule has 0 amide bonds. The third-order valence-electron chi connectivity index (χ3n) is 2.43. The minimum Gasteiger partial charge on any atom is -0.317 e. The van der Waals surface area contributed by atoms with Crippen LogP contribution in [-0.2, 0) is 5.54 Å². The van der Waals surface area contributed by atoms with Gasteiger partial charge in [0, 0.05) is 15.4 Å². The Hall–Kier alpha value is -0.780. The molecule has 2 aromatic rings. The smallest absolute Gasteiger partial charge is 0.141 e. The molecule has 0 spiro atoms. The standard InChI is InChI=1S/C11H10BrFN2S/c1-11(14,8-5-16-6-9(8)12)10-3-2-7(13)4-15-10/h2-6H,14H2,1H3. The summed E-state index contributed by atoms with van der Waals surface area (Å²) in [4.78, 5) is 4.03. The van der Waals surface area contributed by atoms with Crippen molar-refractivity contribution in [3.8, 4) is 0 Å². The number of thiophene rings is 1. The zero-order chi connectivity index (χ0) is 11.8. The molecule has 0 saturated carbocycles. The van der Waals surface area contributed by atoms with Crippen molar-refractivity contribution in [1.82, 2.24) is 4.98 Å². The number of nitrogens with zero attached hydrogens (tertiary/aromatic N) is 1. The molecular weight excluding hydrogens is 291 g/mol. The second kappa shape index (κ2) is 4.24. The van der Waals surface area contributed by atoms with E-state index in [0.29, 0.717) is 5.69 Å². The fourth-order valence-electron chi connectivity index (χ4n) is 1.47. The van der Waals surface area contributed by atoms with Gasteiger partial charge in [-0.25, -0.2) is 4.39 Å². The molecule has 0 fully saturated rings. The molecule has 1 unspecified atom stereocenters. The Kier molecular flexibility index (Phi) is 3.10. The van der Waals surface area contributed by atoms with E-state index in [9.17, 15) is 4.39 Å². The molecule has 0 saturated heterocycles. The minimum atomic E-state index is -0.716. The molecule has 0 bridgehead atoms. The first-order valence-electron chi connectivity index (χ1n) is 4.65. The topological polar surface area (TPSA) is 38.9 Å². The Morgan fingerprint density at radius 3 is 2.69 bits per heavy atom. The number of aromatic nitrogens is 1. The van der Waals surface area contributed by atoms with Gasteiger partial charge in [-0.15, -0.1) is 0 Å². The summed E-state index contributed by atoms with van der Waals surface area (Å²) in [6.07, 6.45) is 1.18. The van der Waals surface area contributed by atoms with Crippen LogP contribution in [0.15, 0.2) is 33.6 Å². The van der Waals surface area contributed by atoms with Gasteiger partial charge in [0.05, 0.1) is 17.4 Å². The SMILES string of the molecule is CC(N)(c1ccc(F)cn1)c1cscc1Br. The van der Waals surface area contributed by atoms with Gasteiger partial charge in [-0.1, -0.05) is 0 Å². The average Bonchev–Trinajstić information content (AvgIpc) is 2.66. The fourth-order valence-corrected chi connectivity index (χ4v) is 3.30. The van der Waals surface area contributed by atoms with E-state index in [0.717, 1.165) is 10.0 Å². The first-order valence-corrected chi connectivity index (χ1v) is 6.38. The van der Waals surface area contributed by atoms with E-state index in [1.165, 1.54) is 12.3 Å². The second-order valence-corrected chi connectivity index (χ2v) is 5.30. The molecule has 2 nitrogen and oxygen atoms in total. The lowest BCUT2D eigenvalue weighted by molar-refractivity contribution is 0.567.